The molecule has 8 nitrogen and oxygen atoms in total. The van der Waals surface area contributed by atoms with Gasteiger partial charge in [0.25, 0.3) is 5.91 Å². The summed E-state index contributed by atoms with van der Waals surface area (Å²) in [5.41, 5.74) is 0.0596. The van der Waals surface area contributed by atoms with Gasteiger partial charge in [-0.1, -0.05) is 12.1 Å². The molecule has 1 aromatic carbocycles. The molecular formula is C27H30F4N6O2. The molecular weight excluding hydrogens is 516 g/mol. The van der Waals surface area contributed by atoms with E-state index in [1.807, 2.05) is 0 Å². The van der Waals surface area contributed by atoms with Gasteiger partial charge in [-0.3, -0.25) is 9.69 Å². The highest BCUT2D eigenvalue weighted by Gasteiger charge is 2.55. The number of alkyl halides is 3. The fourth-order valence-electron chi connectivity index (χ4n) is 6.12. The standard InChI is InChI=1S/C27H30F4N6O2/c1-16(19-3-2-4-20(23(19)28)27(29,30)31)34-25(39)17-11-21(24-32-15-33-37(24)12-17)35-9-5-18(6-10-35)36-13-22(38)26(14-36)7-8-26/h2-4,11-12,15-16,18,22,38H,5-10,13-14H2,1H3,(H,34,39)/t16-,22+/m1/s1. The summed E-state index contributed by atoms with van der Waals surface area (Å²) in [6.07, 6.45) is 1.84. The smallest absolute Gasteiger partial charge is 0.391 e. The maximum absolute atomic E-state index is 14.6. The second kappa shape index (κ2) is 9.44. The summed E-state index contributed by atoms with van der Waals surface area (Å²) < 4.78 is 55.6. The van der Waals surface area contributed by atoms with Crippen LogP contribution in [-0.4, -0.2) is 68.8 Å². The zero-order chi connectivity index (χ0) is 27.5. The summed E-state index contributed by atoms with van der Waals surface area (Å²) in [6.45, 7) is 4.59. The van der Waals surface area contributed by atoms with Crippen LogP contribution in [0.1, 0.15) is 60.1 Å². The number of amides is 1. The van der Waals surface area contributed by atoms with E-state index in [4.69, 9.17) is 0 Å². The number of aliphatic hydroxyl groups is 1. The van der Waals surface area contributed by atoms with Gasteiger partial charge in [-0.2, -0.15) is 18.3 Å². The maximum Gasteiger partial charge on any atom is 0.419 e. The number of piperidine rings is 1. The van der Waals surface area contributed by atoms with Gasteiger partial charge < -0.3 is 15.3 Å². The van der Waals surface area contributed by atoms with E-state index >= 15 is 0 Å². The topological polar surface area (TPSA) is 86.0 Å². The Kier molecular flexibility index (Phi) is 6.29. The number of fused-ring (bicyclic) bond motifs is 1. The Bertz CT molecular complexity index is 1400. The van der Waals surface area contributed by atoms with Crippen molar-refractivity contribution in [2.45, 2.75) is 57.0 Å². The van der Waals surface area contributed by atoms with Crippen LogP contribution in [0.2, 0.25) is 0 Å². The van der Waals surface area contributed by atoms with Crippen molar-refractivity contribution in [3.63, 3.8) is 0 Å². The van der Waals surface area contributed by atoms with Crippen LogP contribution in [0.25, 0.3) is 5.65 Å². The number of hydrogen-bond acceptors (Lipinski definition) is 6. The van der Waals surface area contributed by atoms with Crippen LogP contribution in [-0.2, 0) is 6.18 Å². The lowest BCUT2D eigenvalue weighted by Gasteiger charge is -2.38. The molecule has 3 aliphatic rings. The Labute approximate surface area is 222 Å². The van der Waals surface area contributed by atoms with Crippen molar-refractivity contribution in [3.05, 3.63) is 59.3 Å². The van der Waals surface area contributed by atoms with Crippen LogP contribution in [0.5, 0.6) is 0 Å². The SMILES string of the molecule is C[C@@H](NC(=O)c1cc(N2CCC(N3C[C@H](O)C4(CC4)C3)CC2)c2ncnn2c1)c1cccc(C(F)(F)F)c1F. The molecule has 2 N–H and O–H groups in total. The first-order valence-corrected chi connectivity index (χ1v) is 13.2. The van der Waals surface area contributed by atoms with Gasteiger partial charge in [0.1, 0.15) is 12.1 Å². The summed E-state index contributed by atoms with van der Waals surface area (Å²) >= 11 is 0. The largest absolute Gasteiger partial charge is 0.419 e. The molecule has 1 saturated carbocycles. The first-order chi connectivity index (χ1) is 18.6. The molecule has 6 rings (SSSR count). The van der Waals surface area contributed by atoms with E-state index in [0.717, 1.165) is 63.6 Å². The molecule has 1 spiro atoms. The van der Waals surface area contributed by atoms with Crippen LogP contribution in [0.4, 0.5) is 23.2 Å². The van der Waals surface area contributed by atoms with Crippen molar-refractivity contribution >= 4 is 17.2 Å². The van der Waals surface area contributed by atoms with Crippen molar-refractivity contribution in [3.8, 4) is 0 Å². The lowest BCUT2D eigenvalue weighted by Crippen LogP contribution is -2.44. The Hall–Kier alpha value is -3.25. The number of aromatic nitrogens is 3. The summed E-state index contributed by atoms with van der Waals surface area (Å²) in [4.78, 5) is 22.1. The van der Waals surface area contributed by atoms with Crippen molar-refractivity contribution < 1.29 is 27.5 Å². The van der Waals surface area contributed by atoms with E-state index in [0.29, 0.717) is 17.8 Å². The third-order valence-corrected chi connectivity index (χ3v) is 8.61. The van der Waals surface area contributed by atoms with Crippen LogP contribution >= 0.6 is 0 Å². The number of hydrogen-bond donors (Lipinski definition) is 2. The predicted molar refractivity (Wildman–Crippen MR) is 135 cm³/mol. The fraction of sp³-hybridized carbons (Fsp3) is 0.519. The summed E-state index contributed by atoms with van der Waals surface area (Å²) in [7, 11) is 0. The van der Waals surface area contributed by atoms with Gasteiger partial charge in [0, 0.05) is 49.4 Å². The molecule has 2 aliphatic heterocycles. The molecule has 0 unspecified atom stereocenters. The Morgan fingerprint density at radius 3 is 2.64 bits per heavy atom. The summed E-state index contributed by atoms with van der Waals surface area (Å²) in [6, 6.07) is 4.12. The number of nitrogens with one attached hydrogen (secondary N) is 1. The normalized spacial score (nSPS) is 22.5. The van der Waals surface area contributed by atoms with Gasteiger partial charge in [0.15, 0.2) is 5.65 Å². The predicted octanol–water partition coefficient (Wildman–Crippen LogP) is 3.80. The number of β-amino-alcohol motifs (C(OH)–C–C–N with tert-alkyl or cyclic N) is 1. The quantitative estimate of drug-likeness (QED) is 0.474. The first kappa shape index (κ1) is 26.0. The number of carbonyl (C=O) groups excluding carboxylic acids is 1. The molecule has 0 radical (unpaired) electrons. The lowest BCUT2D eigenvalue weighted by molar-refractivity contribution is -0.140. The minimum Gasteiger partial charge on any atom is -0.391 e. The van der Waals surface area contributed by atoms with Gasteiger partial charge in [-0.05, 0) is 44.7 Å². The van der Waals surface area contributed by atoms with E-state index in [1.165, 1.54) is 30.0 Å². The minimum absolute atomic E-state index is 0.112. The second-order valence-corrected chi connectivity index (χ2v) is 11.1. The molecule has 2 aromatic heterocycles. The van der Waals surface area contributed by atoms with Gasteiger partial charge in [-0.15, -0.1) is 0 Å². The van der Waals surface area contributed by atoms with E-state index in [1.54, 1.807) is 6.07 Å². The molecule has 39 heavy (non-hydrogen) atoms. The van der Waals surface area contributed by atoms with Crippen molar-refractivity contribution in [2.24, 2.45) is 5.41 Å². The van der Waals surface area contributed by atoms with Crippen molar-refractivity contribution in [1.82, 2.24) is 24.8 Å². The number of anilines is 1. The van der Waals surface area contributed by atoms with E-state index < -0.39 is 29.5 Å². The molecule has 1 amide bonds. The number of pyridine rings is 1. The zero-order valence-electron chi connectivity index (χ0n) is 21.5. The third kappa shape index (κ3) is 4.73. The van der Waals surface area contributed by atoms with Crippen LogP contribution in [0.15, 0.2) is 36.8 Å². The number of likely N-dealkylation sites (tertiary alicyclic amines) is 1. The van der Waals surface area contributed by atoms with Crippen LogP contribution in [0.3, 0.4) is 0 Å². The average Bonchev–Trinajstić information content (AvgIpc) is 3.39. The molecule has 3 aromatic rings. The van der Waals surface area contributed by atoms with Crippen molar-refractivity contribution in [2.75, 3.05) is 31.1 Å². The van der Waals surface area contributed by atoms with E-state index in [2.05, 4.69) is 25.2 Å². The molecule has 2 saturated heterocycles. The zero-order valence-corrected chi connectivity index (χ0v) is 21.5. The number of rotatable bonds is 5. The van der Waals surface area contributed by atoms with Gasteiger partial charge in [-0.25, -0.2) is 13.9 Å². The Balaban J connectivity index is 1.18. The maximum atomic E-state index is 14.6. The summed E-state index contributed by atoms with van der Waals surface area (Å²) in [5, 5.41) is 17.3. The Morgan fingerprint density at radius 2 is 1.97 bits per heavy atom. The monoisotopic (exact) mass is 546 g/mol. The van der Waals surface area contributed by atoms with E-state index in [9.17, 15) is 27.5 Å². The number of aliphatic hydroxyl groups excluding tert-OH is 1. The van der Waals surface area contributed by atoms with Gasteiger partial charge in [0.05, 0.1) is 29.0 Å². The lowest BCUT2D eigenvalue weighted by atomic mass is 10.0. The highest BCUT2D eigenvalue weighted by Crippen LogP contribution is 2.53. The van der Waals surface area contributed by atoms with E-state index in [-0.39, 0.29) is 22.6 Å². The molecule has 0 bridgehead atoms. The van der Waals surface area contributed by atoms with Crippen LogP contribution < -0.4 is 10.2 Å². The summed E-state index contributed by atoms with van der Waals surface area (Å²) in [5.74, 6) is -1.96. The number of nitrogens with zero attached hydrogens (tertiary/aromatic N) is 5. The number of carbonyl (C=O) groups is 1. The van der Waals surface area contributed by atoms with Crippen molar-refractivity contribution in [1.29, 1.82) is 0 Å². The highest BCUT2D eigenvalue weighted by atomic mass is 19.4. The molecule has 4 heterocycles. The molecule has 208 valence electrons. The average molecular weight is 547 g/mol. The second-order valence-electron chi connectivity index (χ2n) is 11.1. The first-order valence-electron chi connectivity index (χ1n) is 13.2. The molecule has 3 fully saturated rings. The highest BCUT2D eigenvalue weighted by molar-refractivity contribution is 5.96. The molecule has 1 aliphatic carbocycles. The third-order valence-electron chi connectivity index (χ3n) is 8.61. The van der Waals surface area contributed by atoms with Crippen LogP contribution in [0, 0.1) is 11.2 Å². The van der Waals surface area contributed by atoms with Gasteiger partial charge >= 0.3 is 6.18 Å². The van der Waals surface area contributed by atoms with Gasteiger partial charge in [0.2, 0.25) is 0 Å². The minimum atomic E-state index is -4.84. The number of halogens is 4. The fourth-order valence-corrected chi connectivity index (χ4v) is 6.12. The Morgan fingerprint density at radius 1 is 1.23 bits per heavy atom. The molecule has 2 atom stereocenters. The number of benzene rings is 1. The molecule has 12 heteroatoms.